The molecule has 0 N–H and O–H groups in total. The standard InChI is InChI=1S/C10H16NO/c1-4-5-9-6-7-10(12-9)8-11(2)3/h5-7H,4,8H2,1-3H3. The van der Waals surface area contributed by atoms with Crippen molar-refractivity contribution < 1.29 is 4.42 Å². The molecule has 1 rings (SSSR count). The van der Waals surface area contributed by atoms with E-state index in [9.17, 15) is 0 Å². The predicted molar refractivity (Wildman–Crippen MR) is 49.8 cm³/mol. The summed E-state index contributed by atoms with van der Waals surface area (Å²) in [5.74, 6) is 2.01. The molecule has 0 atom stereocenters. The van der Waals surface area contributed by atoms with Crippen LogP contribution in [0.5, 0.6) is 0 Å². The maximum atomic E-state index is 5.54. The Bertz CT molecular complexity index is 227. The van der Waals surface area contributed by atoms with Crippen molar-refractivity contribution in [1.82, 2.24) is 4.90 Å². The van der Waals surface area contributed by atoms with Crippen LogP contribution in [-0.4, -0.2) is 19.0 Å². The fraction of sp³-hybridized carbons (Fsp3) is 0.500. The topological polar surface area (TPSA) is 16.4 Å². The molecule has 0 aliphatic heterocycles. The summed E-state index contributed by atoms with van der Waals surface area (Å²) in [6.07, 6.45) is 3.11. The fourth-order valence-electron chi connectivity index (χ4n) is 1.10. The Morgan fingerprint density at radius 3 is 2.75 bits per heavy atom. The van der Waals surface area contributed by atoms with Gasteiger partial charge in [-0.3, -0.25) is 0 Å². The van der Waals surface area contributed by atoms with E-state index in [1.165, 1.54) is 0 Å². The normalized spacial score (nSPS) is 11.0. The van der Waals surface area contributed by atoms with Crippen molar-refractivity contribution in [1.29, 1.82) is 0 Å². The van der Waals surface area contributed by atoms with Gasteiger partial charge in [0.25, 0.3) is 0 Å². The van der Waals surface area contributed by atoms with Crippen LogP contribution in [-0.2, 0) is 6.54 Å². The molecule has 67 valence electrons. The van der Waals surface area contributed by atoms with Gasteiger partial charge < -0.3 is 9.32 Å². The molecule has 0 aliphatic rings. The molecule has 1 aromatic heterocycles. The molecular formula is C10H16NO. The maximum Gasteiger partial charge on any atom is 0.118 e. The van der Waals surface area contributed by atoms with Crippen LogP contribution in [0.1, 0.15) is 24.9 Å². The monoisotopic (exact) mass is 166 g/mol. The second-order valence-corrected chi connectivity index (χ2v) is 3.15. The van der Waals surface area contributed by atoms with Crippen molar-refractivity contribution in [3.05, 3.63) is 30.1 Å². The lowest BCUT2D eigenvalue weighted by atomic mass is 10.3. The highest BCUT2D eigenvalue weighted by molar-refractivity contribution is 5.13. The lowest BCUT2D eigenvalue weighted by Crippen LogP contribution is -2.09. The van der Waals surface area contributed by atoms with Gasteiger partial charge in [0, 0.05) is 6.42 Å². The Hall–Kier alpha value is -0.760. The van der Waals surface area contributed by atoms with Crippen molar-refractivity contribution in [3.63, 3.8) is 0 Å². The van der Waals surface area contributed by atoms with Crippen molar-refractivity contribution in [2.45, 2.75) is 19.9 Å². The smallest absolute Gasteiger partial charge is 0.118 e. The van der Waals surface area contributed by atoms with E-state index in [-0.39, 0.29) is 0 Å². The summed E-state index contributed by atoms with van der Waals surface area (Å²) in [6.45, 7) is 2.98. The number of hydrogen-bond donors (Lipinski definition) is 0. The molecule has 0 unspecified atom stereocenters. The Morgan fingerprint density at radius 1 is 1.42 bits per heavy atom. The van der Waals surface area contributed by atoms with Gasteiger partial charge in [-0.2, -0.15) is 0 Å². The average molecular weight is 166 g/mol. The summed E-state index contributed by atoms with van der Waals surface area (Å²) in [6, 6.07) is 4.05. The van der Waals surface area contributed by atoms with Crippen LogP contribution in [0.4, 0.5) is 0 Å². The van der Waals surface area contributed by atoms with Gasteiger partial charge in [0.15, 0.2) is 0 Å². The fourth-order valence-corrected chi connectivity index (χ4v) is 1.10. The highest BCUT2D eigenvalue weighted by Crippen LogP contribution is 2.12. The molecule has 0 bridgehead atoms. The number of nitrogens with zero attached hydrogens (tertiary/aromatic N) is 1. The lowest BCUT2D eigenvalue weighted by molar-refractivity contribution is 0.346. The summed E-state index contributed by atoms with van der Waals surface area (Å²) in [5.41, 5.74) is 0. The largest absolute Gasteiger partial charge is 0.464 e. The molecule has 0 saturated carbocycles. The molecule has 12 heavy (non-hydrogen) atoms. The molecule has 0 saturated heterocycles. The van der Waals surface area contributed by atoms with E-state index >= 15 is 0 Å². The van der Waals surface area contributed by atoms with Crippen LogP contribution in [0, 0.1) is 6.42 Å². The third-order valence-corrected chi connectivity index (χ3v) is 1.56. The summed E-state index contributed by atoms with van der Waals surface area (Å²) in [4.78, 5) is 2.09. The van der Waals surface area contributed by atoms with Crippen LogP contribution in [0.15, 0.2) is 16.5 Å². The van der Waals surface area contributed by atoms with Gasteiger partial charge in [-0.25, -0.2) is 0 Å². The van der Waals surface area contributed by atoms with Crippen LogP contribution < -0.4 is 0 Å². The predicted octanol–water partition coefficient (Wildman–Crippen LogP) is 2.30. The van der Waals surface area contributed by atoms with E-state index in [0.717, 1.165) is 24.5 Å². The minimum atomic E-state index is 0.873. The molecule has 0 amide bonds. The Morgan fingerprint density at radius 2 is 2.17 bits per heavy atom. The van der Waals surface area contributed by atoms with Gasteiger partial charge in [-0.15, -0.1) is 0 Å². The van der Waals surface area contributed by atoms with Crippen LogP contribution in [0.3, 0.4) is 0 Å². The van der Waals surface area contributed by atoms with Crippen molar-refractivity contribution >= 4 is 0 Å². The van der Waals surface area contributed by atoms with Gasteiger partial charge in [-0.1, -0.05) is 6.92 Å². The molecule has 1 heterocycles. The minimum Gasteiger partial charge on any atom is -0.464 e. The summed E-state index contributed by atoms with van der Waals surface area (Å²) >= 11 is 0. The molecular weight excluding hydrogens is 150 g/mol. The van der Waals surface area contributed by atoms with Gasteiger partial charge in [-0.05, 0) is 32.6 Å². The van der Waals surface area contributed by atoms with Gasteiger partial charge in [0.05, 0.1) is 6.54 Å². The van der Waals surface area contributed by atoms with Crippen molar-refractivity contribution in [3.8, 4) is 0 Å². The van der Waals surface area contributed by atoms with Crippen molar-refractivity contribution in [2.75, 3.05) is 14.1 Å². The quantitative estimate of drug-likeness (QED) is 0.682. The third kappa shape index (κ3) is 2.70. The van der Waals surface area contributed by atoms with Gasteiger partial charge >= 0.3 is 0 Å². The first-order chi connectivity index (χ1) is 5.72. The average Bonchev–Trinajstić information content (AvgIpc) is 2.36. The Kier molecular flexibility index (Phi) is 3.35. The zero-order valence-corrected chi connectivity index (χ0v) is 8.00. The number of furan rings is 1. The number of hydrogen-bond acceptors (Lipinski definition) is 2. The Balaban J connectivity index is 2.52. The van der Waals surface area contributed by atoms with Gasteiger partial charge in [0.2, 0.25) is 0 Å². The molecule has 2 heteroatoms. The zero-order chi connectivity index (χ0) is 8.97. The first kappa shape index (κ1) is 9.33. The highest BCUT2D eigenvalue weighted by atomic mass is 16.3. The highest BCUT2D eigenvalue weighted by Gasteiger charge is 2.01. The van der Waals surface area contributed by atoms with E-state index in [2.05, 4.69) is 18.2 Å². The van der Waals surface area contributed by atoms with E-state index in [4.69, 9.17) is 4.42 Å². The second-order valence-electron chi connectivity index (χ2n) is 3.15. The maximum absolute atomic E-state index is 5.54. The molecule has 0 spiro atoms. The Labute approximate surface area is 74.2 Å². The van der Waals surface area contributed by atoms with E-state index in [0.29, 0.717) is 0 Å². The molecule has 1 radical (unpaired) electrons. The third-order valence-electron chi connectivity index (χ3n) is 1.56. The van der Waals surface area contributed by atoms with Crippen LogP contribution in [0.25, 0.3) is 0 Å². The van der Waals surface area contributed by atoms with E-state index < -0.39 is 0 Å². The SMILES string of the molecule is CC[CH]c1ccc(CN(C)C)o1. The van der Waals surface area contributed by atoms with E-state index in [1.807, 2.05) is 26.2 Å². The summed E-state index contributed by atoms with van der Waals surface area (Å²) < 4.78 is 5.54. The molecule has 0 fully saturated rings. The first-order valence-electron chi connectivity index (χ1n) is 4.29. The molecule has 1 aromatic rings. The molecule has 0 aliphatic carbocycles. The second kappa shape index (κ2) is 4.31. The summed E-state index contributed by atoms with van der Waals surface area (Å²) in [5, 5.41) is 0. The summed E-state index contributed by atoms with van der Waals surface area (Å²) in [7, 11) is 4.07. The van der Waals surface area contributed by atoms with Crippen molar-refractivity contribution in [2.24, 2.45) is 0 Å². The van der Waals surface area contributed by atoms with E-state index in [1.54, 1.807) is 0 Å². The first-order valence-corrected chi connectivity index (χ1v) is 4.29. The molecule has 0 aromatic carbocycles. The zero-order valence-electron chi connectivity index (χ0n) is 8.00. The van der Waals surface area contributed by atoms with Crippen LogP contribution >= 0.6 is 0 Å². The minimum absolute atomic E-state index is 0.873. The molecule has 2 nitrogen and oxygen atoms in total. The number of rotatable bonds is 4. The van der Waals surface area contributed by atoms with Gasteiger partial charge in [0.1, 0.15) is 11.5 Å². The van der Waals surface area contributed by atoms with Crippen LogP contribution in [0.2, 0.25) is 0 Å². The lowest BCUT2D eigenvalue weighted by Gasteiger charge is -2.05.